The van der Waals surface area contributed by atoms with Crippen molar-refractivity contribution in [1.82, 2.24) is 9.97 Å². The van der Waals surface area contributed by atoms with E-state index in [1.807, 2.05) is 0 Å². The third-order valence-electron chi connectivity index (χ3n) is 3.56. The van der Waals surface area contributed by atoms with Gasteiger partial charge in [-0.1, -0.05) is 12.8 Å². The first-order valence-corrected chi connectivity index (χ1v) is 6.41. The molecule has 2 rings (SSSR count). The third-order valence-corrected chi connectivity index (χ3v) is 3.56. The van der Waals surface area contributed by atoms with Crippen LogP contribution in [0.5, 0.6) is 0 Å². The molecular weight excluding hydrogens is 246 g/mol. The van der Waals surface area contributed by atoms with E-state index in [1.165, 1.54) is 13.3 Å². The minimum absolute atomic E-state index is 0.0245. The molecule has 6 nitrogen and oxygen atoms in total. The lowest BCUT2D eigenvalue weighted by atomic mass is 9.98. The molecule has 2 N–H and O–H groups in total. The van der Waals surface area contributed by atoms with Crippen molar-refractivity contribution in [3.63, 3.8) is 0 Å². The summed E-state index contributed by atoms with van der Waals surface area (Å²) < 4.78 is 4.73. The molecular formula is C13H19N3O3. The highest BCUT2D eigenvalue weighted by atomic mass is 16.5. The number of aryl methyl sites for hydroxylation is 1. The number of nitrogens with zero attached hydrogens (tertiary/aromatic N) is 2. The van der Waals surface area contributed by atoms with Gasteiger partial charge in [0.2, 0.25) is 0 Å². The van der Waals surface area contributed by atoms with E-state index in [2.05, 4.69) is 15.3 Å². The van der Waals surface area contributed by atoms with Crippen LogP contribution in [0.2, 0.25) is 0 Å². The summed E-state index contributed by atoms with van der Waals surface area (Å²) in [5.74, 6) is 0.533. The van der Waals surface area contributed by atoms with Crippen molar-refractivity contribution >= 4 is 11.8 Å². The molecule has 0 saturated heterocycles. The Bertz CT molecular complexity index is 470. The number of nitrogens with one attached hydrogen (secondary N) is 1. The van der Waals surface area contributed by atoms with Crippen LogP contribution in [0.3, 0.4) is 0 Å². The van der Waals surface area contributed by atoms with E-state index >= 15 is 0 Å². The summed E-state index contributed by atoms with van der Waals surface area (Å²) >= 11 is 0. The second-order valence-electron chi connectivity index (χ2n) is 4.94. The highest BCUT2D eigenvalue weighted by Gasteiger charge is 2.34. The number of carbonyl (C=O) groups is 1. The van der Waals surface area contributed by atoms with Crippen molar-refractivity contribution in [3.8, 4) is 0 Å². The molecule has 6 heteroatoms. The van der Waals surface area contributed by atoms with Gasteiger partial charge < -0.3 is 15.2 Å². The number of aliphatic hydroxyl groups is 1. The summed E-state index contributed by atoms with van der Waals surface area (Å²) in [6.45, 7) is 1.78. The quantitative estimate of drug-likeness (QED) is 0.798. The van der Waals surface area contributed by atoms with Gasteiger partial charge in [-0.05, 0) is 19.8 Å². The molecule has 0 unspecified atom stereocenters. The van der Waals surface area contributed by atoms with Crippen LogP contribution in [0, 0.1) is 6.92 Å². The van der Waals surface area contributed by atoms with Crippen molar-refractivity contribution in [3.05, 3.63) is 17.6 Å². The average Bonchev–Trinajstić information content (AvgIpc) is 2.87. The number of rotatable bonds is 4. The molecule has 0 aromatic carbocycles. The highest BCUT2D eigenvalue weighted by Crippen LogP contribution is 2.33. The van der Waals surface area contributed by atoms with Gasteiger partial charge in [-0.15, -0.1) is 0 Å². The Morgan fingerprint density at radius 2 is 2.21 bits per heavy atom. The normalized spacial score (nSPS) is 17.2. The molecule has 19 heavy (non-hydrogen) atoms. The van der Waals surface area contributed by atoms with E-state index in [0.717, 1.165) is 25.7 Å². The fraction of sp³-hybridized carbons (Fsp3) is 0.615. The zero-order valence-corrected chi connectivity index (χ0v) is 11.3. The molecule has 1 saturated carbocycles. The van der Waals surface area contributed by atoms with E-state index in [0.29, 0.717) is 17.2 Å². The number of methoxy groups -OCH3 is 1. The van der Waals surface area contributed by atoms with Gasteiger partial charge in [-0.3, -0.25) is 0 Å². The number of hydrogen-bond acceptors (Lipinski definition) is 6. The van der Waals surface area contributed by atoms with Gasteiger partial charge in [0, 0.05) is 6.20 Å². The lowest BCUT2D eigenvalue weighted by Gasteiger charge is -2.29. The Balaban J connectivity index is 2.32. The molecule has 1 aromatic heterocycles. The van der Waals surface area contributed by atoms with Gasteiger partial charge in [0.15, 0.2) is 0 Å². The monoisotopic (exact) mass is 265 g/mol. The summed E-state index contributed by atoms with van der Waals surface area (Å²) in [7, 11) is 1.32. The Kier molecular flexibility index (Phi) is 3.99. The maximum absolute atomic E-state index is 11.7. The van der Waals surface area contributed by atoms with Gasteiger partial charge in [-0.25, -0.2) is 14.8 Å². The molecule has 1 aromatic rings. The number of ether oxygens (including phenoxy) is 1. The van der Waals surface area contributed by atoms with Crippen LogP contribution < -0.4 is 5.32 Å². The van der Waals surface area contributed by atoms with Crippen molar-refractivity contribution < 1.29 is 14.6 Å². The molecule has 104 valence electrons. The zero-order chi connectivity index (χ0) is 13.9. The van der Waals surface area contributed by atoms with Gasteiger partial charge in [-0.2, -0.15) is 0 Å². The second kappa shape index (κ2) is 5.52. The standard InChI is InChI=1S/C13H19N3O3/c1-9-14-7-10(12(18)19-2)11(15-9)16-13(8-17)5-3-4-6-13/h7,17H,3-6,8H2,1-2H3,(H,14,15,16). The number of aromatic nitrogens is 2. The first-order valence-electron chi connectivity index (χ1n) is 6.41. The summed E-state index contributed by atoms with van der Waals surface area (Å²) in [6.07, 6.45) is 5.31. The van der Waals surface area contributed by atoms with Crippen LogP contribution in [-0.2, 0) is 4.74 Å². The summed E-state index contributed by atoms with van der Waals surface area (Å²) in [6, 6.07) is 0. The van der Waals surface area contributed by atoms with E-state index in [4.69, 9.17) is 4.74 Å². The van der Waals surface area contributed by atoms with E-state index in [1.54, 1.807) is 6.92 Å². The SMILES string of the molecule is COC(=O)c1cnc(C)nc1NC1(CO)CCCC1. The smallest absolute Gasteiger partial charge is 0.343 e. The fourth-order valence-corrected chi connectivity index (χ4v) is 2.45. The fourth-order valence-electron chi connectivity index (χ4n) is 2.45. The minimum atomic E-state index is -0.478. The summed E-state index contributed by atoms with van der Waals surface area (Å²) in [5.41, 5.74) is -0.0864. The van der Waals surface area contributed by atoms with Crippen molar-refractivity contribution in [2.75, 3.05) is 19.0 Å². The molecule has 0 aliphatic heterocycles. The minimum Gasteiger partial charge on any atom is -0.465 e. The van der Waals surface area contributed by atoms with Crippen molar-refractivity contribution in [2.24, 2.45) is 0 Å². The Morgan fingerprint density at radius 3 is 2.79 bits per heavy atom. The summed E-state index contributed by atoms with van der Waals surface area (Å²) in [4.78, 5) is 20.0. The largest absolute Gasteiger partial charge is 0.465 e. The van der Waals surface area contributed by atoms with E-state index in [9.17, 15) is 9.90 Å². The average molecular weight is 265 g/mol. The van der Waals surface area contributed by atoms with Crippen LogP contribution in [0.4, 0.5) is 5.82 Å². The van der Waals surface area contributed by atoms with Gasteiger partial charge in [0.1, 0.15) is 17.2 Å². The molecule has 0 amide bonds. The number of esters is 1. The molecule has 1 aliphatic rings. The van der Waals surface area contributed by atoms with Crippen LogP contribution in [0.25, 0.3) is 0 Å². The van der Waals surface area contributed by atoms with Gasteiger partial charge >= 0.3 is 5.97 Å². The van der Waals surface area contributed by atoms with Crippen molar-refractivity contribution in [2.45, 2.75) is 38.1 Å². The van der Waals surface area contributed by atoms with Gasteiger partial charge in [0.05, 0.1) is 19.3 Å². The van der Waals surface area contributed by atoms with Crippen LogP contribution in [-0.4, -0.2) is 40.3 Å². The first-order chi connectivity index (χ1) is 9.10. The maximum atomic E-state index is 11.7. The maximum Gasteiger partial charge on any atom is 0.343 e. The number of anilines is 1. The lowest BCUT2D eigenvalue weighted by molar-refractivity contribution is 0.0600. The third kappa shape index (κ3) is 2.84. The molecule has 0 atom stereocenters. The lowest BCUT2D eigenvalue weighted by Crippen LogP contribution is -2.40. The molecule has 1 heterocycles. The van der Waals surface area contributed by atoms with Crippen LogP contribution in [0.1, 0.15) is 41.9 Å². The van der Waals surface area contributed by atoms with Gasteiger partial charge in [0.25, 0.3) is 0 Å². The number of hydrogen-bond donors (Lipinski definition) is 2. The van der Waals surface area contributed by atoms with Crippen LogP contribution >= 0.6 is 0 Å². The number of carbonyl (C=O) groups excluding carboxylic acids is 1. The highest BCUT2D eigenvalue weighted by molar-refractivity contribution is 5.94. The summed E-state index contributed by atoms with van der Waals surface area (Å²) in [5, 5.41) is 12.8. The van der Waals surface area contributed by atoms with E-state index < -0.39 is 5.97 Å². The van der Waals surface area contributed by atoms with Crippen molar-refractivity contribution in [1.29, 1.82) is 0 Å². The van der Waals surface area contributed by atoms with E-state index in [-0.39, 0.29) is 12.1 Å². The second-order valence-corrected chi connectivity index (χ2v) is 4.94. The molecule has 0 radical (unpaired) electrons. The predicted octanol–water partition coefficient (Wildman–Crippen LogP) is 1.29. The molecule has 1 fully saturated rings. The van der Waals surface area contributed by atoms with Crippen LogP contribution in [0.15, 0.2) is 6.20 Å². The predicted molar refractivity (Wildman–Crippen MR) is 70.0 cm³/mol. The Labute approximate surface area is 112 Å². The Hall–Kier alpha value is -1.69. The Morgan fingerprint density at radius 1 is 1.53 bits per heavy atom. The zero-order valence-electron chi connectivity index (χ0n) is 11.3. The topological polar surface area (TPSA) is 84.3 Å². The molecule has 0 bridgehead atoms. The molecule has 1 aliphatic carbocycles. The number of aliphatic hydroxyl groups excluding tert-OH is 1. The molecule has 0 spiro atoms. The first kappa shape index (κ1) is 13.7.